The minimum atomic E-state index is -0.867. The van der Waals surface area contributed by atoms with Crippen LogP contribution in [-0.4, -0.2) is 46.6 Å². The molecule has 0 aromatic carbocycles. The Hall–Kier alpha value is -1.10. The fourth-order valence-corrected chi connectivity index (χ4v) is 2.89. The number of nitrogens with one attached hydrogen (secondary N) is 1. The number of hydrogen-bond donors (Lipinski definition) is 2. The van der Waals surface area contributed by atoms with Crippen LogP contribution in [0.2, 0.25) is 0 Å². The molecule has 1 aliphatic heterocycles. The second-order valence-electron chi connectivity index (χ2n) is 6.43. The molecule has 5 nitrogen and oxygen atoms in total. The average Bonchev–Trinajstić information content (AvgIpc) is 3.12. The molecule has 1 saturated heterocycles. The summed E-state index contributed by atoms with van der Waals surface area (Å²) in [4.78, 5) is 26.1. The first-order chi connectivity index (χ1) is 9.44. The van der Waals surface area contributed by atoms with Gasteiger partial charge in [0, 0.05) is 19.0 Å². The summed E-state index contributed by atoms with van der Waals surface area (Å²) in [5.41, 5.74) is -0.867. The fourth-order valence-electron chi connectivity index (χ4n) is 2.89. The summed E-state index contributed by atoms with van der Waals surface area (Å²) in [6, 6.07) is -0.333. The van der Waals surface area contributed by atoms with E-state index in [9.17, 15) is 14.7 Å². The minimum absolute atomic E-state index is 0.118. The summed E-state index contributed by atoms with van der Waals surface area (Å²) in [7, 11) is 0. The number of nitrogens with zero attached hydrogens (tertiary/aromatic N) is 1. The van der Waals surface area contributed by atoms with Gasteiger partial charge in [-0.15, -0.1) is 0 Å². The largest absolute Gasteiger partial charge is 0.388 e. The number of aliphatic hydroxyl groups is 1. The zero-order chi connectivity index (χ0) is 14.8. The van der Waals surface area contributed by atoms with E-state index in [4.69, 9.17) is 0 Å². The second kappa shape index (κ2) is 6.12. The van der Waals surface area contributed by atoms with Crippen molar-refractivity contribution in [2.75, 3.05) is 13.1 Å². The van der Waals surface area contributed by atoms with Gasteiger partial charge in [-0.1, -0.05) is 13.3 Å². The van der Waals surface area contributed by atoms with Crippen LogP contribution in [0.1, 0.15) is 52.4 Å². The van der Waals surface area contributed by atoms with Crippen LogP contribution < -0.4 is 5.32 Å². The van der Waals surface area contributed by atoms with E-state index in [1.165, 1.54) is 0 Å². The van der Waals surface area contributed by atoms with Crippen LogP contribution in [0.25, 0.3) is 0 Å². The Morgan fingerprint density at radius 3 is 2.65 bits per heavy atom. The summed E-state index contributed by atoms with van der Waals surface area (Å²) in [5, 5.41) is 12.9. The fraction of sp³-hybridized carbons (Fsp3) is 0.867. The molecular weight excluding hydrogens is 256 g/mol. The number of carbonyl (C=O) groups excluding carboxylic acids is 2. The molecule has 0 aromatic rings. The van der Waals surface area contributed by atoms with Crippen LogP contribution in [0.5, 0.6) is 0 Å². The van der Waals surface area contributed by atoms with Gasteiger partial charge in [0.25, 0.3) is 0 Å². The van der Waals surface area contributed by atoms with Gasteiger partial charge in [0.2, 0.25) is 11.8 Å². The van der Waals surface area contributed by atoms with Crippen molar-refractivity contribution in [1.29, 1.82) is 0 Å². The predicted molar refractivity (Wildman–Crippen MR) is 76.0 cm³/mol. The first-order valence-electron chi connectivity index (χ1n) is 7.75. The second-order valence-corrected chi connectivity index (χ2v) is 6.43. The molecule has 2 atom stereocenters. The highest BCUT2D eigenvalue weighted by atomic mass is 16.3. The smallest absolute Gasteiger partial charge is 0.242 e. The zero-order valence-corrected chi connectivity index (χ0v) is 12.5. The molecule has 2 unspecified atom stereocenters. The number of rotatable bonds is 6. The first-order valence-corrected chi connectivity index (χ1v) is 7.75. The Kier molecular flexibility index (Phi) is 4.68. The van der Waals surface area contributed by atoms with E-state index in [1.807, 2.05) is 6.92 Å². The van der Waals surface area contributed by atoms with Crippen molar-refractivity contribution in [2.45, 2.75) is 64.0 Å². The van der Waals surface area contributed by atoms with E-state index in [-0.39, 0.29) is 30.3 Å². The zero-order valence-electron chi connectivity index (χ0n) is 12.5. The first kappa shape index (κ1) is 15.3. The topological polar surface area (TPSA) is 69.6 Å². The van der Waals surface area contributed by atoms with Gasteiger partial charge in [0.1, 0.15) is 6.04 Å². The van der Waals surface area contributed by atoms with Crippen molar-refractivity contribution in [3.8, 4) is 0 Å². The Balaban J connectivity index is 1.86. The predicted octanol–water partition coefficient (Wildman–Crippen LogP) is 1.05. The summed E-state index contributed by atoms with van der Waals surface area (Å²) in [6.07, 6.45) is 5.09. The molecule has 114 valence electrons. The molecular formula is C15H26N2O3. The Bertz CT molecular complexity index is 377. The molecule has 2 fully saturated rings. The quantitative estimate of drug-likeness (QED) is 0.765. The molecule has 2 rings (SSSR count). The van der Waals surface area contributed by atoms with Gasteiger partial charge in [-0.05, 0) is 39.0 Å². The molecule has 1 heterocycles. The molecule has 0 bridgehead atoms. The highest BCUT2D eigenvalue weighted by Crippen LogP contribution is 2.33. The molecule has 2 N–H and O–H groups in total. The van der Waals surface area contributed by atoms with Gasteiger partial charge in [-0.25, -0.2) is 0 Å². The van der Waals surface area contributed by atoms with Crippen molar-refractivity contribution < 1.29 is 14.7 Å². The van der Waals surface area contributed by atoms with E-state index < -0.39 is 5.60 Å². The summed E-state index contributed by atoms with van der Waals surface area (Å²) >= 11 is 0. The van der Waals surface area contributed by atoms with Gasteiger partial charge in [-0.2, -0.15) is 0 Å². The van der Waals surface area contributed by atoms with Crippen molar-refractivity contribution in [3.63, 3.8) is 0 Å². The van der Waals surface area contributed by atoms with Crippen molar-refractivity contribution in [2.24, 2.45) is 5.92 Å². The Labute approximate surface area is 120 Å². The van der Waals surface area contributed by atoms with E-state index in [1.54, 1.807) is 11.8 Å². The average molecular weight is 282 g/mol. The Morgan fingerprint density at radius 2 is 2.05 bits per heavy atom. The lowest BCUT2D eigenvalue weighted by molar-refractivity contribution is -0.139. The summed E-state index contributed by atoms with van der Waals surface area (Å²) < 4.78 is 0. The third kappa shape index (κ3) is 3.72. The maximum absolute atomic E-state index is 12.2. The van der Waals surface area contributed by atoms with Crippen LogP contribution in [0.15, 0.2) is 0 Å². The van der Waals surface area contributed by atoms with Crippen LogP contribution in [-0.2, 0) is 9.59 Å². The van der Waals surface area contributed by atoms with Crippen LogP contribution in [0.4, 0.5) is 0 Å². The molecule has 0 radical (unpaired) electrons. The monoisotopic (exact) mass is 282 g/mol. The van der Waals surface area contributed by atoms with E-state index in [2.05, 4.69) is 5.32 Å². The number of likely N-dealkylation sites (tertiary alicyclic amines) is 1. The van der Waals surface area contributed by atoms with Gasteiger partial charge in [-0.3, -0.25) is 9.59 Å². The maximum Gasteiger partial charge on any atom is 0.242 e. The Morgan fingerprint density at radius 1 is 1.35 bits per heavy atom. The molecule has 1 aliphatic carbocycles. The van der Waals surface area contributed by atoms with Crippen molar-refractivity contribution in [3.05, 3.63) is 0 Å². The number of hydrogen-bond acceptors (Lipinski definition) is 3. The van der Waals surface area contributed by atoms with E-state index >= 15 is 0 Å². The van der Waals surface area contributed by atoms with E-state index in [0.717, 1.165) is 32.1 Å². The lowest BCUT2D eigenvalue weighted by Gasteiger charge is -2.27. The maximum atomic E-state index is 12.2. The third-order valence-corrected chi connectivity index (χ3v) is 4.20. The lowest BCUT2D eigenvalue weighted by Crippen LogP contribution is -2.50. The normalized spacial score (nSPS) is 25.4. The highest BCUT2D eigenvalue weighted by molar-refractivity contribution is 5.90. The molecule has 0 aromatic heterocycles. The minimum Gasteiger partial charge on any atom is -0.388 e. The summed E-state index contributed by atoms with van der Waals surface area (Å²) in [5.74, 6) is 0.183. The van der Waals surface area contributed by atoms with Crippen LogP contribution in [0, 0.1) is 5.92 Å². The SMILES string of the molecule is CCCC(C)(O)CNC(=O)C1CCCN1C(=O)C1CC1. The number of amides is 2. The molecule has 1 saturated carbocycles. The third-order valence-electron chi connectivity index (χ3n) is 4.20. The van der Waals surface area contributed by atoms with Gasteiger partial charge < -0.3 is 15.3 Å². The molecule has 0 spiro atoms. The van der Waals surface area contributed by atoms with E-state index in [0.29, 0.717) is 13.0 Å². The highest BCUT2D eigenvalue weighted by Gasteiger charge is 2.41. The summed E-state index contributed by atoms with van der Waals surface area (Å²) in [6.45, 7) is 4.68. The molecule has 2 aliphatic rings. The molecule has 20 heavy (non-hydrogen) atoms. The molecule has 2 amide bonds. The van der Waals surface area contributed by atoms with Gasteiger partial charge in [0.05, 0.1) is 5.60 Å². The number of carbonyl (C=O) groups is 2. The lowest BCUT2D eigenvalue weighted by atomic mass is 10.0. The van der Waals surface area contributed by atoms with Gasteiger partial charge in [0.15, 0.2) is 0 Å². The van der Waals surface area contributed by atoms with Crippen molar-refractivity contribution in [1.82, 2.24) is 10.2 Å². The van der Waals surface area contributed by atoms with Gasteiger partial charge >= 0.3 is 0 Å². The standard InChI is InChI=1S/C15H26N2O3/c1-3-8-15(2,20)10-16-13(18)12-5-4-9-17(12)14(19)11-6-7-11/h11-12,20H,3-10H2,1-2H3,(H,16,18). The van der Waals surface area contributed by atoms with Crippen LogP contribution >= 0.6 is 0 Å². The van der Waals surface area contributed by atoms with Crippen molar-refractivity contribution >= 4 is 11.8 Å². The van der Waals surface area contributed by atoms with Crippen LogP contribution in [0.3, 0.4) is 0 Å². The molecule has 5 heteroatoms.